The van der Waals surface area contributed by atoms with Gasteiger partial charge in [-0.15, -0.1) is 12.4 Å². The van der Waals surface area contributed by atoms with E-state index in [2.05, 4.69) is 58.9 Å². The molecule has 2 N–H and O–H groups in total. The second kappa shape index (κ2) is 6.42. The summed E-state index contributed by atoms with van der Waals surface area (Å²) in [6.07, 6.45) is 1.05. The molecule has 0 saturated heterocycles. The highest BCUT2D eigenvalue weighted by Gasteiger charge is 2.14. The first-order valence-electron chi connectivity index (χ1n) is 6.16. The van der Waals surface area contributed by atoms with Crippen LogP contribution in [-0.2, 0) is 5.41 Å². The van der Waals surface area contributed by atoms with Crippen LogP contribution >= 0.6 is 12.4 Å². The summed E-state index contributed by atoms with van der Waals surface area (Å²) < 4.78 is 0. The van der Waals surface area contributed by atoms with Crippen LogP contribution in [0.2, 0.25) is 0 Å². The third-order valence-corrected chi connectivity index (χ3v) is 2.93. The van der Waals surface area contributed by atoms with Gasteiger partial charge in [0, 0.05) is 6.04 Å². The standard InChI is InChI=1S/C15H25N.ClH/c1-11(2)10-14(16)12-6-8-13(9-7-12)15(3,4)5;/h6-9,11,14H,10,16H2,1-5H3;1H/t14-;/m0./s1. The van der Waals surface area contributed by atoms with E-state index in [0.717, 1.165) is 6.42 Å². The van der Waals surface area contributed by atoms with E-state index in [4.69, 9.17) is 5.73 Å². The Morgan fingerprint density at radius 3 is 1.88 bits per heavy atom. The van der Waals surface area contributed by atoms with Crippen molar-refractivity contribution in [1.29, 1.82) is 0 Å². The average Bonchev–Trinajstić information content (AvgIpc) is 2.15. The van der Waals surface area contributed by atoms with Crippen LogP contribution in [0.1, 0.15) is 58.2 Å². The lowest BCUT2D eigenvalue weighted by Crippen LogP contribution is -2.14. The summed E-state index contributed by atoms with van der Waals surface area (Å²) in [6, 6.07) is 8.93. The summed E-state index contributed by atoms with van der Waals surface area (Å²) in [5.74, 6) is 0.650. The fourth-order valence-electron chi connectivity index (χ4n) is 1.87. The van der Waals surface area contributed by atoms with Crippen LogP contribution in [0.15, 0.2) is 24.3 Å². The molecule has 17 heavy (non-hydrogen) atoms. The molecule has 1 nitrogen and oxygen atoms in total. The van der Waals surface area contributed by atoms with E-state index < -0.39 is 0 Å². The van der Waals surface area contributed by atoms with Crippen molar-refractivity contribution in [3.05, 3.63) is 35.4 Å². The largest absolute Gasteiger partial charge is 0.324 e. The summed E-state index contributed by atoms with van der Waals surface area (Å²) >= 11 is 0. The minimum atomic E-state index is 0. The second-order valence-corrected chi connectivity index (χ2v) is 6.11. The van der Waals surface area contributed by atoms with Crippen LogP contribution in [-0.4, -0.2) is 0 Å². The number of hydrogen-bond donors (Lipinski definition) is 1. The van der Waals surface area contributed by atoms with Gasteiger partial charge in [-0.05, 0) is 28.9 Å². The highest BCUT2D eigenvalue weighted by Crippen LogP contribution is 2.25. The Hall–Kier alpha value is -0.530. The maximum atomic E-state index is 6.16. The van der Waals surface area contributed by atoms with E-state index >= 15 is 0 Å². The van der Waals surface area contributed by atoms with Gasteiger partial charge in [0.1, 0.15) is 0 Å². The smallest absolute Gasteiger partial charge is 0.0297 e. The molecular formula is C15H26ClN. The number of hydrogen-bond acceptors (Lipinski definition) is 1. The van der Waals surface area contributed by atoms with Crippen molar-refractivity contribution in [3.63, 3.8) is 0 Å². The summed E-state index contributed by atoms with van der Waals surface area (Å²) in [4.78, 5) is 0. The van der Waals surface area contributed by atoms with E-state index in [1.807, 2.05) is 0 Å². The van der Waals surface area contributed by atoms with E-state index in [1.54, 1.807) is 0 Å². The summed E-state index contributed by atoms with van der Waals surface area (Å²) in [6.45, 7) is 11.1. The molecular weight excluding hydrogens is 230 g/mol. The predicted octanol–water partition coefficient (Wildman–Crippen LogP) is 4.45. The first-order chi connectivity index (χ1) is 7.30. The maximum absolute atomic E-state index is 6.16. The third-order valence-electron chi connectivity index (χ3n) is 2.93. The molecule has 0 saturated carbocycles. The first-order valence-corrected chi connectivity index (χ1v) is 6.16. The lowest BCUT2D eigenvalue weighted by molar-refractivity contribution is 0.509. The maximum Gasteiger partial charge on any atom is 0.0297 e. The molecule has 1 aromatic rings. The van der Waals surface area contributed by atoms with Gasteiger partial charge < -0.3 is 5.73 Å². The molecule has 0 heterocycles. The Kier molecular flexibility index (Phi) is 6.22. The Morgan fingerprint density at radius 1 is 1.06 bits per heavy atom. The Balaban J connectivity index is 0.00000256. The number of halogens is 1. The molecule has 0 aliphatic rings. The molecule has 1 atom stereocenters. The van der Waals surface area contributed by atoms with Crippen molar-refractivity contribution in [2.75, 3.05) is 0 Å². The lowest BCUT2D eigenvalue weighted by Gasteiger charge is -2.20. The van der Waals surface area contributed by atoms with Crippen molar-refractivity contribution in [1.82, 2.24) is 0 Å². The molecule has 0 fully saturated rings. The highest BCUT2D eigenvalue weighted by molar-refractivity contribution is 5.85. The molecule has 0 aliphatic carbocycles. The van der Waals surface area contributed by atoms with Crippen molar-refractivity contribution in [3.8, 4) is 0 Å². The summed E-state index contributed by atoms with van der Waals surface area (Å²) in [7, 11) is 0. The summed E-state index contributed by atoms with van der Waals surface area (Å²) in [5, 5.41) is 0. The average molecular weight is 256 g/mol. The molecule has 0 aliphatic heterocycles. The first kappa shape index (κ1) is 16.5. The number of rotatable bonds is 3. The van der Waals surface area contributed by atoms with Crippen LogP contribution in [0, 0.1) is 5.92 Å². The molecule has 1 rings (SSSR count). The predicted molar refractivity (Wildman–Crippen MR) is 78.8 cm³/mol. The Bertz CT molecular complexity index is 322. The zero-order chi connectivity index (χ0) is 12.3. The minimum absolute atomic E-state index is 0. The van der Waals surface area contributed by atoms with Crippen molar-refractivity contribution < 1.29 is 0 Å². The molecule has 0 radical (unpaired) electrons. The lowest BCUT2D eigenvalue weighted by atomic mass is 9.86. The van der Waals surface area contributed by atoms with Crippen LogP contribution in [0.25, 0.3) is 0 Å². The topological polar surface area (TPSA) is 26.0 Å². The molecule has 0 aromatic heterocycles. The van der Waals surface area contributed by atoms with Crippen molar-refractivity contribution >= 4 is 12.4 Å². The molecule has 1 aromatic carbocycles. The third kappa shape index (κ3) is 5.10. The van der Waals surface area contributed by atoms with E-state index in [-0.39, 0.29) is 23.9 Å². The quantitative estimate of drug-likeness (QED) is 0.848. The van der Waals surface area contributed by atoms with Gasteiger partial charge in [-0.2, -0.15) is 0 Å². The summed E-state index contributed by atoms with van der Waals surface area (Å²) in [5.41, 5.74) is 9.00. The number of nitrogens with two attached hydrogens (primary N) is 1. The van der Waals surface area contributed by atoms with Gasteiger partial charge in [-0.3, -0.25) is 0 Å². The Labute approximate surface area is 112 Å². The van der Waals surface area contributed by atoms with E-state index in [9.17, 15) is 0 Å². The van der Waals surface area contributed by atoms with Gasteiger partial charge in [-0.1, -0.05) is 58.9 Å². The van der Waals surface area contributed by atoms with E-state index in [0.29, 0.717) is 5.92 Å². The van der Waals surface area contributed by atoms with Gasteiger partial charge in [0.2, 0.25) is 0 Å². The van der Waals surface area contributed by atoms with Crippen LogP contribution < -0.4 is 5.73 Å². The van der Waals surface area contributed by atoms with Gasteiger partial charge >= 0.3 is 0 Å². The van der Waals surface area contributed by atoms with Crippen LogP contribution in [0.5, 0.6) is 0 Å². The highest BCUT2D eigenvalue weighted by atomic mass is 35.5. The Morgan fingerprint density at radius 2 is 1.53 bits per heavy atom. The molecule has 0 amide bonds. The van der Waals surface area contributed by atoms with Gasteiger partial charge in [0.05, 0.1) is 0 Å². The monoisotopic (exact) mass is 255 g/mol. The normalized spacial score (nSPS) is 13.4. The van der Waals surface area contributed by atoms with Crippen molar-refractivity contribution in [2.24, 2.45) is 11.7 Å². The second-order valence-electron chi connectivity index (χ2n) is 6.11. The molecule has 98 valence electrons. The van der Waals surface area contributed by atoms with E-state index in [1.165, 1.54) is 11.1 Å². The molecule has 0 unspecified atom stereocenters. The zero-order valence-electron chi connectivity index (χ0n) is 11.7. The van der Waals surface area contributed by atoms with Crippen LogP contribution in [0.3, 0.4) is 0 Å². The fraction of sp³-hybridized carbons (Fsp3) is 0.600. The molecule has 0 spiro atoms. The van der Waals surface area contributed by atoms with Crippen molar-refractivity contribution in [2.45, 2.75) is 52.5 Å². The minimum Gasteiger partial charge on any atom is -0.324 e. The van der Waals surface area contributed by atoms with Gasteiger partial charge in [0.25, 0.3) is 0 Å². The van der Waals surface area contributed by atoms with Gasteiger partial charge in [-0.25, -0.2) is 0 Å². The van der Waals surface area contributed by atoms with Gasteiger partial charge in [0.15, 0.2) is 0 Å². The molecule has 2 heteroatoms. The fourth-order valence-corrected chi connectivity index (χ4v) is 1.87. The van der Waals surface area contributed by atoms with Crippen LogP contribution in [0.4, 0.5) is 0 Å². The molecule has 0 bridgehead atoms. The SMILES string of the molecule is CC(C)C[C@H](N)c1ccc(C(C)(C)C)cc1.Cl. The number of benzene rings is 1. The zero-order valence-corrected chi connectivity index (χ0v) is 12.5.